The average Bonchev–Trinajstić information content (AvgIpc) is 2.79. The SMILES string of the molecule is CCOC(=O)C1(C(=O)[O-])NC(=O)CC1c1ccccc1. The monoisotopic (exact) mass is 276 g/mol. The van der Waals surface area contributed by atoms with Crippen LogP contribution in [0, 0.1) is 0 Å². The number of esters is 1. The number of carboxylic acid groups (broad SMARTS) is 1. The van der Waals surface area contributed by atoms with Gasteiger partial charge in [0.1, 0.15) is 0 Å². The molecule has 0 radical (unpaired) electrons. The maximum atomic E-state index is 12.1. The average molecular weight is 276 g/mol. The topological polar surface area (TPSA) is 95.5 Å². The van der Waals surface area contributed by atoms with Crippen molar-refractivity contribution in [3.63, 3.8) is 0 Å². The molecule has 106 valence electrons. The molecule has 0 bridgehead atoms. The molecule has 1 aliphatic rings. The van der Waals surface area contributed by atoms with Crippen LogP contribution in [0.4, 0.5) is 0 Å². The molecule has 1 saturated heterocycles. The highest BCUT2D eigenvalue weighted by Crippen LogP contribution is 2.37. The van der Waals surface area contributed by atoms with Crippen molar-refractivity contribution in [2.24, 2.45) is 0 Å². The van der Waals surface area contributed by atoms with Crippen molar-refractivity contribution in [3.05, 3.63) is 35.9 Å². The van der Waals surface area contributed by atoms with Gasteiger partial charge in [0, 0.05) is 12.3 Å². The fraction of sp³-hybridized carbons (Fsp3) is 0.357. The number of aliphatic carboxylic acids is 1. The minimum absolute atomic E-state index is 0.0191. The van der Waals surface area contributed by atoms with Crippen LogP contribution in [0.5, 0.6) is 0 Å². The minimum Gasteiger partial charge on any atom is -0.547 e. The Morgan fingerprint density at radius 2 is 2.05 bits per heavy atom. The maximum Gasteiger partial charge on any atom is 0.338 e. The van der Waals surface area contributed by atoms with Crippen molar-refractivity contribution in [2.75, 3.05) is 6.61 Å². The van der Waals surface area contributed by atoms with Gasteiger partial charge in [-0.15, -0.1) is 0 Å². The Morgan fingerprint density at radius 3 is 2.60 bits per heavy atom. The molecule has 1 aromatic carbocycles. The van der Waals surface area contributed by atoms with E-state index in [2.05, 4.69) is 5.32 Å². The van der Waals surface area contributed by atoms with Gasteiger partial charge in [0.25, 0.3) is 0 Å². The molecule has 2 atom stereocenters. The van der Waals surface area contributed by atoms with Gasteiger partial charge in [0.15, 0.2) is 5.54 Å². The number of nitrogens with one attached hydrogen (secondary N) is 1. The van der Waals surface area contributed by atoms with E-state index >= 15 is 0 Å². The first-order valence-corrected chi connectivity index (χ1v) is 6.27. The van der Waals surface area contributed by atoms with Crippen LogP contribution < -0.4 is 10.4 Å². The molecule has 1 aliphatic heterocycles. The Kier molecular flexibility index (Phi) is 3.74. The van der Waals surface area contributed by atoms with Gasteiger partial charge < -0.3 is 20.0 Å². The fourth-order valence-electron chi connectivity index (χ4n) is 2.46. The summed E-state index contributed by atoms with van der Waals surface area (Å²) in [5.41, 5.74) is -1.59. The van der Waals surface area contributed by atoms with Crippen LogP contribution in [0.15, 0.2) is 30.3 Å². The van der Waals surface area contributed by atoms with Crippen molar-refractivity contribution >= 4 is 17.8 Å². The van der Waals surface area contributed by atoms with Gasteiger partial charge in [0.05, 0.1) is 12.6 Å². The number of carbonyl (C=O) groups excluding carboxylic acids is 3. The van der Waals surface area contributed by atoms with E-state index in [0.29, 0.717) is 5.56 Å². The first kappa shape index (κ1) is 14.0. The molecule has 2 rings (SSSR count). The molecule has 1 amide bonds. The van der Waals surface area contributed by atoms with Gasteiger partial charge >= 0.3 is 5.97 Å². The van der Waals surface area contributed by atoms with Crippen LogP contribution >= 0.6 is 0 Å². The van der Waals surface area contributed by atoms with Crippen molar-refractivity contribution in [2.45, 2.75) is 24.8 Å². The molecule has 0 spiro atoms. The van der Waals surface area contributed by atoms with E-state index in [1.165, 1.54) is 0 Å². The molecule has 6 heteroatoms. The predicted octanol–water partition coefficient (Wildman–Crippen LogP) is -0.658. The second-order valence-corrected chi connectivity index (χ2v) is 4.53. The Balaban J connectivity index is 2.50. The van der Waals surface area contributed by atoms with Gasteiger partial charge in [-0.25, -0.2) is 4.79 Å². The summed E-state index contributed by atoms with van der Waals surface area (Å²) >= 11 is 0. The Bertz CT molecular complexity index is 542. The number of hydrogen-bond acceptors (Lipinski definition) is 5. The number of amides is 1. The van der Waals surface area contributed by atoms with Gasteiger partial charge in [-0.1, -0.05) is 30.3 Å². The minimum atomic E-state index is -2.16. The molecular weight excluding hydrogens is 262 g/mol. The van der Waals surface area contributed by atoms with Crippen LogP contribution in [0.3, 0.4) is 0 Å². The van der Waals surface area contributed by atoms with Crippen molar-refractivity contribution in [1.29, 1.82) is 0 Å². The van der Waals surface area contributed by atoms with Crippen LogP contribution in [-0.4, -0.2) is 30.0 Å². The predicted molar refractivity (Wildman–Crippen MR) is 66.3 cm³/mol. The zero-order valence-corrected chi connectivity index (χ0v) is 10.9. The highest BCUT2D eigenvalue weighted by Gasteiger charge is 2.55. The smallest absolute Gasteiger partial charge is 0.338 e. The summed E-state index contributed by atoms with van der Waals surface area (Å²) in [6.45, 7) is 1.58. The molecule has 6 nitrogen and oxygen atoms in total. The highest BCUT2D eigenvalue weighted by molar-refractivity contribution is 6.10. The van der Waals surface area contributed by atoms with Crippen LogP contribution in [-0.2, 0) is 19.1 Å². The van der Waals surface area contributed by atoms with Crippen molar-refractivity contribution < 1.29 is 24.2 Å². The Morgan fingerprint density at radius 1 is 1.40 bits per heavy atom. The summed E-state index contributed by atoms with van der Waals surface area (Å²) in [6, 6.07) is 8.52. The van der Waals surface area contributed by atoms with Crippen LogP contribution in [0.1, 0.15) is 24.8 Å². The van der Waals surface area contributed by atoms with E-state index in [1.807, 2.05) is 0 Å². The Hall–Kier alpha value is -2.37. The second kappa shape index (κ2) is 5.32. The second-order valence-electron chi connectivity index (χ2n) is 4.53. The van der Waals surface area contributed by atoms with Crippen molar-refractivity contribution in [3.8, 4) is 0 Å². The number of hydrogen-bond donors (Lipinski definition) is 1. The normalized spacial score (nSPS) is 25.1. The summed E-state index contributed by atoms with van der Waals surface area (Å²) in [4.78, 5) is 35.3. The number of rotatable bonds is 4. The largest absolute Gasteiger partial charge is 0.547 e. The van der Waals surface area contributed by atoms with E-state index in [1.54, 1.807) is 37.3 Å². The lowest BCUT2D eigenvalue weighted by Gasteiger charge is -2.33. The third kappa shape index (κ3) is 2.13. The third-order valence-corrected chi connectivity index (χ3v) is 3.37. The zero-order valence-electron chi connectivity index (χ0n) is 10.9. The first-order chi connectivity index (χ1) is 9.52. The summed E-state index contributed by atoms with van der Waals surface area (Å²) in [5, 5.41) is 13.8. The van der Waals surface area contributed by atoms with E-state index in [9.17, 15) is 19.5 Å². The highest BCUT2D eigenvalue weighted by atomic mass is 16.5. The standard InChI is InChI=1S/C14H15NO5/c1-2-20-13(19)14(12(17)18)10(8-11(16)15-14)9-6-4-3-5-7-9/h3-7,10H,2,8H2,1H3,(H,15,16)(H,17,18)/p-1. The van der Waals surface area contributed by atoms with E-state index in [4.69, 9.17) is 4.74 Å². The summed E-state index contributed by atoms with van der Waals surface area (Å²) < 4.78 is 4.82. The molecule has 0 aromatic heterocycles. The van der Waals surface area contributed by atoms with E-state index in [-0.39, 0.29) is 13.0 Å². The van der Waals surface area contributed by atoms with E-state index in [0.717, 1.165) is 0 Å². The van der Waals surface area contributed by atoms with Gasteiger partial charge in [0.2, 0.25) is 5.91 Å². The summed E-state index contributed by atoms with van der Waals surface area (Å²) in [7, 11) is 0. The number of benzene rings is 1. The molecule has 0 saturated carbocycles. The molecule has 2 unspecified atom stereocenters. The van der Waals surface area contributed by atoms with Gasteiger partial charge in [-0.05, 0) is 12.5 Å². The quantitative estimate of drug-likeness (QED) is 0.582. The molecule has 1 fully saturated rings. The molecule has 1 heterocycles. The molecule has 0 aliphatic carbocycles. The summed E-state index contributed by atoms with van der Waals surface area (Å²) in [6.07, 6.45) is -0.100. The van der Waals surface area contributed by atoms with E-state index < -0.39 is 29.3 Å². The number of carbonyl (C=O) groups is 3. The zero-order chi connectivity index (χ0) is 14.8. The van der Waals surface area contributed by atoms with Crippen molar-refractivity contribution in [1.82, 2.24) is 5.32 Å². The third-order valence-electron chi connectivity index (χ3n) is 3.37. The van der Waals surface area contributed by atoms with Crippen LogP contribution in [0.2, 0.25) is 0 Å². The van der Waals surface area contributed by atoms with Gasteiger partial charge in [-0.2, -0.15) is 0 Å². The lowest BCUT2D eigenvalue weighted by Crippen LogP contribution is -2.64. The molecular formula is C14H14NO5-. The maximum absolute atomic E-state index is 12.1. The van der Waals surface area contributed by atoms with Gasteiger partial charge in [-0.3, -0.25) is 4.79 Å². The molecule has 20 heavy (non-hydrogen) atoms. The molecule has 1 N–H and O–H groups in total. The lowest BCUT2D eigenvalue weighted by molar-refractivity contribution is -0.313. The van der Waals surface area contributed by atoms with Crippen LogP contribution in [0.25, 0.3) is 0 Å². The number of ether oxygens (including phenoxy) is 1. The lowest BCUT2D eigenvalue weighted by atomic mass is 9.80. The first-order valence-electron chi connectivity index (χ1n) is 6.27. The summed E-state index contributed by atoms with van der Waals surface area (Å²) in [5.74, 6) is -4.02. The number of carboxylic acids is 1. The molecule has 1 aromatic rings. The fourth-order valence-corrected chi connectivity index (χ4v) is 2.46. The Labute approximate surface area is 115 Å².